The molecule has 3 nitrogen and oxygen atoms in total. The van der Waals surface area contributed by atoms with Crippen molar-refractivity contribution in [2.75, 3.05) is 13.2 Å². The second-order valence-electron chi connectivity index (χ2n) is 6.95. The molecule has 2 fully saturated rings. The van der Waals surface area contributed by atoms with E-state index in [1.807, 2.05) is 0 Å². The molecule has 2 unspecified atom stereocenters. The summed E-state index contributed by atoms with van der Waals surface area (Å²) in [5, 5.41) is 13.2. The maximum absolute atomic E-state index is 9.69. The molecule has 2 aliphatic carbocycles. The number of aliphatic hydroxyl groups is 1. The first-order valence-electron chi connectivity index (χ1n) is 8.13. The summed E-state index contributed by atoms with van der Waals surface area (Å²) >= 11 is 0. The molecule has 0 bridgehead atoms. The van der Waals surface area contributed by atoms with Crippen LogP contribution < -0.4 is 5.32 Å². The quantitative estimate of drug-likeness (QED) is 0.837. The monoisotopic (exact) mass is 277 g/mol. The topological polar surface area (TPSA) is 45.4 Å². The summed E-state index contributed by atoms with van der Waals surface area (Å²) in [5.41, 5.74) is 0.110. The molecule has 1 aromatic rings. The van der Waals surface area contributed by atoms with Crippen LogP contribution in [0.25, 0.3) is 0 Å². The van der Waals surface area contributed by atoms with E-state index in [1.165, 1.54) is 25.7 Å². The minimum Gasteiger partial charge on any atom is -0.464 e. The van der Waals surface area contributed by atoms with Crippen LogP contribution in [0.2, 0.25) is 0 Å². The first-order chi connectivity index (χ1) is 9.72. The number of hydrogen-bond donors (Lipinski definition) is 2. The van der Waals surface area contributed by atoms with Crippen LogP contribution in [0, 0.1) is 11.3 Å². The third-order valence-corrected chi connectivity index (χ3v) is 5.21. The summed E-state index contributed by atoms with van der Waals surface area (Å²) in [6.45, 7) is 4.27. The molecule has 20 heavy (non-hydrogen) atoms. The molecule has 0 saturated heterocycles. The van der Waals surface area contributed by atoms with Gasteiger partial charge in [0.2, 0.25) is 0 Å². The van der Waals surface area contributed by atoms with Gasteiger partial charge in [0.15, 0.2) is 0 Å². The lowest BCUT2D eigenvalue weighted by Gasteiger charge is -2.35. The normalized spacial score (nSPS) is 28.5. The van der Waals surface area contributed by atoms with Gasteiger partial charge in [-0.05, 0) is 37.3 Å². The van der Waals surface area contributed by atoms with Gasteiger partial charge in [-0.2, -0.15) is 0 Å². The van der Waals surface area contributed by atoms with E-state index in [2.05, 4.69) is 24.4 Å². The smallest absolute Gasteiger partial charge is 0.117 e. The predicted molar refractivity (Wildman–Crippen MR) is 79.5 cm³/mol. The van der Waals surface area contributed by atoms with Crippen LogP contribution in [0.5, 0.6) is 0 Å². The molecule has 0 amide bonds. The standard InChI is InChI=1S/C17H27NO2/c1-13-9-15(13)16-6-5-14(20-16)10-18-11-17(12-19)7-3-2-4-8-17/h5-6,13,15,18-19H,2-4,7-12H2,1H3. The van der Waals surface area contributed by atoms with E-state index >= 15 is 0 Å². The Hall–Kier alpha value is -0.800. The fraction of sp³-hybridized carbons (Fsp3) is 0.765. The third kappa shape index (κ3) is 3.09. The molecular formula is C17H27NO2. The predicted octanol–water partition coefficient (Wildman–Crippen LogP) is 3.44. The first-order valence-corrected chi connectivity index (χ1v) is 8.13. The van der Waals surface area contributed by atoms with Gasteiger partial charge in [-0.15, -0.1) is 0 Å². The first kappa shape index (κ1) is 14.2. The molecule has 3 heteroatoms. The van der Waals surface area contributed by atoms with Gasteiger partial charge in [0.1, 0.15) is 11.5 Å². The number of furan rings is 1. The lowest BCUT2D eigenvalue weighted by atomic mass is 9.74. The average Bonchev–Trinajstić information content (AvgIpc) is 3.02. The molecule has 3 rings (SSSR count). The van der Waals surface area contributed by atoms with Gasteiger partial charge in [0.05, 0.1) is 6.54 Å². The minimum atomic E-state index is 0.110. The Balaban J connectivity index is 1.48. The van der Waals surface area contributed by atoms with Gasteiger partial charge in [-0.3, -0.25) is 0 Å². The zero-order valence-corrected chi connectivity index (χ0v) is 12.5. The van der Waals surface area contributed by atoms with Crippen molar-refractivity contribution in [2.45, 2.75) is 57.9 Å². The Morgan fingerprint density at radius 3 is 2.70 bits per heavy atom. The fourth-order valence-corrected chi connectivity index (χ4v) is 3.55. The Kier molecular flexibility index (Phi) is 4.18. The van der Waals surface area contributed by atoms with Gasteiger partial charge in [0, 0.05) is 24.5 Å². The Labute approximate surface area is 121 Å². The molecule has 2 saturated carbocycles. The van der Waals surface area contributed by atoms with Crippen LogP contribution in [0.4, 0.5) is 0 Å². The van der Waals surface area contributed by atoms with Crippen LogP contribution >= 0.6 is 0 Å². The van der Waals surface area contributed by atoms with E-state index in [9.17, 15) is 5.11 Å². The van der Waals surface area contributed by atoms with E-state index in [1.54, 1.807) is 0 Å². The van der Waals surface area contributed by atoms with Crippen molar-refractivity contribution in [1.29, 1.82) is 0 Å². The van der Waals surface area contributed by atoms with Gasteiger partial charge in [0.25, 0.3) is 0 Å². The van der Waals surface area contributed by atoms with Crippen molar-refractivity contribution in [3.63, 3.8) is 0 Å². The van der Waals surface area contributed by atoms with Gasteiger partial charge < -0.3 is 14.8 Å². The number of rotatable bonds is 6. The summed E-state index contributed by atoms with van der Waals surface area (Å²) in [5.74, 6) is 3.64. The van der Waals surface area contributed by atoms with Crippen LogP contribution in [0.1, 0.15) is 62.9 Å². The molecule has 2 N–H and O–H groups in total. The van der Waals surface area contributed by atoms with Crippen LogP contribution in [0.15, 0.2) is 16.5 Å². The van der Waals surface area contributed by atoms with Crippen LogP contribution in [-0.4, -0.2) is 18.3 Å². The summed E-state index contributed by atoms with van der Waals surface area (Å²) < 4.78 is 5.91. The maximum Gasteiger partial charge on any atom is 0.117 e. The highest BCUT2D eigenvalue weighted by Crippen LogP contribution is 2.47. The highest BCUT2D eigenvalue weighted by Gasteiger charge is 2.36. The van der Waals surface area contributed by atoms with Crippen molar-refractivity contribution >= 4 is 0 Å². The Morgan fingerprint density at radius 1 is 1.30 bits per heavy atom. The van der Waals surface area contributed by atoms with Crippen LogP contribution in [0.3, 0.4) is 0 Å². The van der Waals surface area contributed by atoms with Gasteiger partial charge in [-0.25, -0.2) is 0 Å². The maximum atomic E-state index is 9.69. The largest absolute Gasteiger partial charge is 0.464 e. The molecule has 0 spiro atoms. The molecule has 0 aliphatic heterocycles. The van der Waals surface area contributed by atoms with E-state index in [4.69, 9.17) is 4.42 Å². The number of hydrogen-bond acceptors (Lipinski definition) is 3. The Bertz CT molecular complexity index is 434. The third-order valence-electron chi connectivity index (χ3n) is 5.21. The van der Waals surface area contributed by atoms with Crippen molar-refractivity contribution in [2.24, 2.45) is 11.3 Å². The summed E-state index contributed by atoms with van der Waals surface area (Å²) in [4.78, 5) is 0. The van der Waals surface area contributed by atoms with Gasteiger partial charge >= 0.3 is 0 Å². The number of nitrogens with one attached hydrogen (secondary N) is 1. The number of aliphatic hydroxyl groups excluding tert-OH is 1. The van der Waals surface area contributed by atoms with E-state index < -0.39 is 0 Å². The van der Waals surface area contributed by atoms with E-state index in [0.717, 1.165) is 43.4 Å². The highest BCUT2D eigenvalue weighted by atomic mass is 16.3. The molecule has 0 radical (unpaired) electrons. The van der Waals surface area contributed by atoms with Crippen molar-refractivity contribution in [1.82, 2.24) is 5.32 Å². The molecule has 1 aromatic heterocycles. The molecular weight excluding hydrogens is 250 g/mol. The minimum absolute atomic E-state index is 0.110. The summed E-state index contributed by atoms with van der Waals surface area (Å²) in [6.07, 6.45) is 7.41. The Morgan fingerprint density at radius 2 is 2.05 bits per heavy atom. The SMILES string of the molecule is CC1CC1c1ccc(CNCC2(CO)CCCCC2)o1. The fourth-order valence-electron chi connectivity index (χ4n) is 3.55. The second kappa shape index (κ2) is 5.90. The van der Waals surface area contributed by atoms with Gasteiger partial charge in [-0.1, -0.05) is 26.2 Å². The van der Waals surface area contributed by atoms with Crippen molar-refractivity contribution < 1.29 is 9.52 Å². The van der Waals surface area contributed by atoms with Crippen molar-refractivity contribution in [3.8, 4) is 0 Å². The molecule has 2 aliphatic rings. The molecule has 1 heterocycles. The zero-order chi connectivity index (χ0) is 14.0. The second-order valence-corrected chi connectivity index (χ2v) is 6.95. The lowest BCUT2D eigenvalue weighted by Crippen LogP contribution is -2.38. The zero-order valence-electron chi connectivity index (χ0n) is 12.5. The van der Waals surface area contributed by atoms with Crippen LogP contribution in [-0.2, 0) is 6.54 Å². The molecule has 112 valence electrons. The molecule has 0 aromatic carbocycles. The van der Waals surface area contributed by atoms with E-state index in [-0.39, 0.29) is 5.41 Å². The summed E-state index contributed by atoms with van der Waals surface area (Å²) in [7, 11) is 0. The van der Waals surface area contributed by atoms with Crippen molar-refractivity contribution in [3.05, 3.63) is 23.7 Å². The lowest BCUT2D eigenvalue weighted by molar-refractivity contribution is 0.0805. The summed E-state index contributed by atoms with van der Waals surface area (Å²) in [6, 6.07) is 4.23. The molecule has 2 atom stereocenters. The highest BCUT2D eigenvalue weighted by molar-refractivity contribution is 5.17. The average molecular weight is 277 g/mol. The van der Waals surface area contributed by atoms with E-state index in [0.29, 0.717) is 12.5 Å².